The number of aliphatic hydroxyl groups excluding tert-OH is 1. The summed E-state index contributed by atoms with van der Waals surface area (Å²) in [5.41, 5.74) is 12.4. The Morgan fingerprint density at radius 1 is 0.636 bits per heavy atom. The van der Waals surface area contributed by atoms with Crippen LogP contribution in [0.15, 0.2) is 85.2 Å². The molecule has 3 aromatic carbocycles. The maximum Gasteiger partial charge on any atom is 0.323 e. The van der Waals surface area contributed by atoms with Gasteiger partial charge in [0.15, 0.2) is 0 Å². The van der Waals surface area contributed by atoms with Crippen LogP contribution in [-0.2, 0) is 107 Å². The van der Waals surface area contributed by atoms with Gasteiger partial charge in [-0.25, -0.2) is 0 Å². The lowest BCUT2D eigenvalue weighted by molar-refractivity contribution is -0.147. The summed E-state index contributed by atoms with van der Waals surface area (Å²) in [5, 5.41) is 49.9. The van der Waals surface area contributed by atoms with E-state index in [0.717, 1.165) is 26.5 Å². The molecule has 15 atom stereocenters. The normalized spacial score (nSPS) is 26.8. The lowest BCUT2D eigenvalue weighted by atomic mass is 9.92. The number of thioether (sulfide) groups is 1. The van der Waals surface area contributed by atoms with Gasteiger partial charge in [-0.1, -0.05) is 89.6 Å². The van der Waals surface area contributed by atoms with Crippen LogP contribution in [-0.4, -0.2) is 300 Å². The van der Waals surface area contributed by atoms with Crippen molar-refractivity contribution in [2.75, 3.05) is 65.4 Å². The molecule has 7 heterocycles. The topological polar surface area (TPSA) is 549 Å². The fourth-order valence-corrected chi connectivity index (χ4v) is 18.8. The number of aliphatic carboxylic acids is 1. The lowest BCUT2D eigenvalue weighted by Crippen LogP contribution is -2.64. The number of benzene rings is 3. The largest absolute Gasteiger partial charge is 0.497 e. The number of hydrogen-bond acceptors (Lipinski definition) is 21. The van der Waals surface area contributed by atoms with E-state index in [-0.39, 0.29) is 108 Å². The summed E-state index contributed by atoms with van der Waals surface area (Å²) in [6.07, 6.45) is 2.30. The van der Waals surface area contributed by atoms with Gasteiger partial charge in [0.05, 0.1) is 32.1 Å². The van der Waals surface area contributed by atoms with Crippen LogP contribution in [0.3, 0.4) is 0 Å². The van der Waals surface area contributed by atoms with Crippen LogP contribution >= 0.6 is 11.8 Å². The number of primary amides is 1. The molecule has 129 heavy (non-hydrogen) atoms. The SMILES string of the molecule is CCCC1(C)NC(=O)[C@H](Cc2cn(CC(=O)O)c3ccccc23)NC(=O)[C@H](CCN)NC(=O)[C@H](Cc2c[nH]c3ccccc23)NC(=O)[C@@H]2C[C@@H](O)CN2C(=O)[C@H](CC(C)C)NC(=O)CNC(=O)[C@H]2CCC3CC[C@@H](NC(=O)[C@@H]4CCCN4C(=O)[C@H](Cc4ccc(OC)cc4)NC(=O)CSC[C@@H](C(=O)NCC(N)=O)N(C)C(=O)[C@H](CC(C)C)NC(=O)C(C)N(C)C1=O)C(=O)N32. The molecular formula is C89H123N19O20S. The highest BCUT2D eigenvalue weighted by molar-refractivity contribution is 8.00. The van der Waals surface area contributed by atoms with Crippen molar-refractivity contribution in [3.05, 3.63) is 102 Å². The average molecular weight is 1810 g/mol. The van der Waals surface area contributed by atoms with Crippen molar-refractivity contribution in [1.29, 1.82) is 0 Å². The van der Waals surface area contributed by atoms with Crippen LogP contribution in [0.4, 0.5) is 0 Å². The van der Waals surface area contributed by atoms with Crippen molar-refractivity contribution in [2.45, 2.75) is 242 Å². The molecule has 5 aliphatic heterocycles. The predicted molar refractivity (Wildman–Crippen MR) is 475 cm³/mol. The second kappa shape index (κ2) is 44.7. The highest BCUT2D eigenvalue weighted by Crippen LogP contribution is 2.35. The summed E-state index contributed by atoms with van der Waals surface area (Å²) < 4.78 is 6.81. The van der Waals surface area contributed by atoms with E-state index in [2.05, 4.69) is 58.2 Å². The van der Waals surface area contributed by atoms with Crippen molar-refractivity contribution < 1.29 is 96.5 Å². The molecule has 40 heteroatoms. The number of carboxylic acid groups (broad SMARTS) is 1. The Balaban J connectivity index is 0.986. The van der Waals surface area contributed by atoms with E-state index in [1.54, 1.807) is 114 Å². The Labute approximate surface area is 752 Å². The van der Waals surface area contributed by atoms with Gasteiger partial charge in [0.1, 0.15) is 90.3 Å². The van der Waals surface area contributed by atoms with E-state index in [1.165, 1.54) is 55.6 Å². The molecule has 0 saturated carbocycles. The molecule has 2 aromatic heterocycles. The number of aliphatic hydroxyl groups is 1. The zero-order valence-corrected chi connectivity index (χ0v) is 75.4. The summed E-state index contributed by atoms with van der Waals surface area (Å²) in [7, 11) is 4.06. The number of aromatic nitrogens is 2. The zero-order chi connectivity index (χ0) is 94.0. The summed E-state index contributed by atoms with van der Waals surface area (Å²) in [4.78, 5) is 257. The smallest absolute Gasteiger partial charge is 0.323 e. The van der Waals surface area contributed by atoms with Crippen molar-refractivity contribution in [3.63, 3.8) is 0 Å². The third-order valence-corrected chi connectivity index (χ3v) is 25.5. The lowest BCUT2D eigenvalue weighted by Gasteiger charge is -2.38. The van der Waals surface area contributed by atoms with Crippen LogP contribution in [0, 0.1) is 11.8 Å². The molecule has 39 nitrogen and oxygen atoms in total. The number of aromatic amines is 1. The molecule has 5 saturated heterocycles. The maximum atomic E-state index is 15.6. The number of rotatable bonds is 20. The molecule has 5 aromatic rings. The number of carbonyl (C=O) groups is 17. The first-order valence-electron chi connectivity index (χ1n) is 44.0. The van der Waals surface area contributed by atoms with Crippen LogP contribution in [0.2, 0.25) is 0 Å². The van der Waals surface area contributed by atoms with Crippen LogP contribution in [0.5, 0.6) is 5.75 Å². The molecule has 5 fully saturated rings. The van der Waals surface area contributed by atoms with E-state index in [4.69, 9.17) is 16.2 Å². The first kappa shape index (κ1) is 99.0. The van der Waals surface area contributed by atoms with Gasteiger partial charge in [0, 0.05) is 98.9 Å². The number of carboxylic acids is 1. The second-order valence-corrected chi connectivity index (χ2v) is 36.1. The number of fused-ring (bicyclic) bond motifs is 5. The summed E-state index contributed by atoms with van der Waals surface area (Å²) >= 11 is 0.878. The van der Waals surface area contributed by atoms with E-state index < -0.39 is 223 Å². The molecule has 0 aliphatic carbocycles. The van der Waals surface area contributed by atoms with E-state index in [9.17, 15) is 53.4 Å². The molecule has 10 rings (SSSR count). The Bertz CT molecular complexity index is 4980. The molecule has 0 spiro atoms. The Hall–Kier alpha value is -12.2. The third-order valence-electron chi connectivity index (χ3n) is 24.5. The van der Waals surface area contributed by atoms with Gasteiger partial charge >= 0.3 is 5.97 Å². The molecule has 700 valence electrons. The third kappa shape index (κ3) is 25.0. The summed E-state index contributed by atoms with van der Waals surface area (Å²) in [6.45, 7) is 9.20. The van der Waals surface area contributed by atoms with Crippen molar-refractivity contribution in [1.82, 2.24) is 87.2 Å². The average Bonchev–Trinajstić information content (AvgIpc) is 1.67. The van der Waals surface area contributed by atoms with Crippen LogP contribution in [0.25, 0.3) is 21.8 Å². The highest BCUT2D eigenvalue weighted by atomic mass is 32.2. The minimum Gasteiger partial charge on any atom is -0.497 e. The predicted octanol–water partition coefficient (Wildman–Crippen LogP) is -1.00. The van der Waals surface area contributed by atoms with Crippen LogP contribution < -0.4 is 69.4 Å². The summed E-state index contributed by atoms with van der Waals surface area (Å²) in [6, 6.07) is 3.46. The van der Waals surface area contributed by atoms with Gasteiger partial charge in [-0.05, 0) is 137 Å². The number of methoxy groups -OCH3 is 1. The first-order chi connectivity index (χ1) is 61.3. The number of carbonyl (C=O) groups excluding carboxylic acids is 16. The first-order valence-corrected chi connectivity index (χ1v) is 45.1. The van der Waals surface area contributed by atoms with Gasteiger partial charge in [-0.2, -0.15) is 0 Å². The molecule has 5 aliphatic rings. The molecule has 16 amide bonds. The Morgan fingerprint density at radius 2 is 1.25 bits per heavy atom. The highest BCUT2D eigenvalue weighted by Gasteiger charge is 2.50. The molecule has 0 radical (unpaired) electrons. The zero-order valence-electron chi connectivity index (χ0n) is 74.6. The van der Waals surface area contributed by atoms with Gasteiger partial charge in [0.25, 0.3) is 0 Å². The standard InChI is InChI=1S/C89H123N19O20S/c1-11-31-89(7)88(127)103(8)50(6)76(115)101-64(34-48(2)3)84(123)104(9)71(81(120)93-41-72(91)110)46-129-47-74(112)96-66(36-51-22-26-56(128-10)27-23-51)85(124)106-33-16-21-68(106)82(121)98-61-28-24-54-25-29-69(108(54)87(61)126)80(119)94-42-73(111)95-65(35-49(4)5)86(125)107-44-55(109)39-70(107)83(122)100-62(37-52-40-92-59-19-14-12-17-57(52)59)78(117)97-60(30-32-90)77(116)99-63(79(118)102-89)38-53-43-105(45-75(113)114)67-20-15-13-18-58(53)67/h12-15,17-20,22-23,26-27,40,43,48-50,54-55,60-66,68-71,92,109H,11,16,21,24-25,28-39,41-42,44-47,90H2,1-10H3,(H2,91,110)(H,93,120)(H,94,119)(H,95,111)(H,96,112)(H,97,117)(H,98,121)(H,99,116)(H,100,122)(H,101,115)(H,102,118)(H,113,114)/t50?,54?,55-,60+,61-,62+,63+,64+,65+,66+,68+,69-,70+,71+,89?/m1/s1. The quantitative estimate of drug-likeness (QED) is 0.0444. The monoisotopic (exact) mass is 1810 g/mol. The number of nitrogens with one attached hydrogen (secondary N) is 11. The number of hydrogen-bond donors (Lipinski definition) is 15. The van der Waals surface area contributed by atoms with Crippen molar-refractivity contribution >= 4 is 134 Å². The minimum atomic E-state index is -1.91. The number of ether oxygens (including phenoxy) is 1. The maximum absolute atomic E-state index is 15.6. The number of nitrogens with two attached hydrogens (primary N) is 2. The van der Waals surface area contributed by atoms with E-state index in [0.29, 0.717) is 63.5 Å². The van der Waals surface area contributed by atoms with E-state index >= 15 is 38.4 Å². The van der Waals surface area contributed by atoms with Gasteiger partial charge < -0.3 is 114 Å². The van der Waals surface area contributed by atoms with Gasteiger partial charge in [-0.3, -0.25) is 81.5 Å². The Kier molecular flexibility index (Phi) is 34.3. The van der Waals surface area contributed by atoms with Crippen molar-refractivity contribution in [3.8, 4) is 5.75 Å². The van der Waals surface area contributed by atoms with Crippen molar-refractivity contribution in [2.24, 2.45) is 23.3 Å². The molecule has 2 bridgehead atoms. The second-order valence-electron chi connectivity index (χ2n) is 35.1. The number of para-hydroxylation sites is 2. The van der Waals surface area contributed by atoms with Crippen LogP contribution in [0.1, 0.15) is 142 Å². The summed E-state index contributed by atoms with van der Waals surface area (Å²) in [5.74, 6) is -15.1. The number of nitrogens with zero attached hydrogens (tertiary/aromatic N) is 6. The van der Waals surface area contributed by atoms with E-state index in [1.807, 2.05) is 0 Å². The molecule has 3 unspecified atom stereocenters. The Morgan fingerprint density at radius 3 is 1.92 bits per heavy atom. The number of likely N-dealkylation sites (N-methyl/N-ethyl adjacent to an activating group) is 2. The fraction of sp³-hybridized carbons (Fsp3) is 0.562. The fourth-order valence-electron chi connectivity index (χ4n) is 17.8. The number of amides is 16. The van der Waals surface area contributed by atoms with Gasteiger partial charge in [-0.15, -0.1) is 11.8 Å². The van der Waals surface area contributed by atoms with Gasteiger partial charge in [0.2, 0.25) is 94.5 Å². The number of H-pyrrole nitrogens is 1. The minimum absolute atomic E-state index is 0.000924. The molecule has 17 N–H and O–H groups in total. The number of piperidine rings is 1. The molecular weight excluding hydrogens is 1690 g/mol.